The van der Waals surface area contributed by atoms with E-state index in [1.807, 2.05) is 0 Å². The first-order chi connectivity index (χ1) is 37.1. The van der Waals surface area contributed by atoms with E-state index in [2.05, 4.69) is 13.8 Å². The van der Waals surface area contributed by atoms with Crippen LogP contribution in [0.2, 0.25) is 0 Å². The molecule has 0 bridgehead atoms. The van der Waals surface area contributed by atoms with Crippen LogP contribution in [0.15, 0.2) is 0 Å². The molecule has 2 heterocycles. The van der Waals surface area contributed by atoms with E-state index in [-0.39, 0.29) is 25.6 Å². The summed E-state index contributed by atoms with van der Waals surface area (Å²) in [5, 5.41) is 72.4. The van der Waals surface area contributed by atoms with Crippen molar-refractivity contribution >= 4 is 5.97 Å². The van der Waals surface area contributed by atoms with Gasteiger partial charge in [-0.1, -0.05) is 271 Å². The highest BCUT2D eigenvalue weighted by Crippen LogP contribution is 2.27. The van der Waals surface area contributed by atoms with Crippen molar-refractivity contribution in [1.29, 1.82) is 0 Å². The molecule has 0 spiro atoms. The van der Waals surface area contributed by atoms with Crippen LogP contribution >= 0.6 is 0 Å². The number of hydrogen-bond donors (Lipinski definition) is 7. The third-order valence-corrected chi connectivity index (χ3v) is 15.9. The highest BCUT2D eigenvalue weighted by Gasteiger charge is 2.47. The molecule has 76 heavy (non-hydrogen) atoms. The standard InChI is InChI=1S/C62H120O14/c1-3-5-7-9-11-13-15-17-19-21-22-23-24-25-26-27-28-29-30-32-34-36-38-40-42-44-46-71-48-51(74-54(64)45-43-41-39-37-35-33-31-20-18-16-14-12-10-8-6-4-2)49-72-61-60(70)58(68)56(66)53(76-61)50-73-62-59(69)57(67)55(65)52(47-63)75-62/h51-53,55-63,65-70H,3-50H2,1-2H3. The van der Waals surface area contributed by atoms with Gasteiger partial charge in [0.25, 0.3) is 0 Å². The maximum absolute atomic E-state index is 13.1. The monoisotopic (exact) mass is 1090 g/mol. The summed E-state index contributed by atoms with van der Waals surface area (Å²) in [6.07, 6.45) is 38.9. The van der Waals surface area contributed by atoms with Crippen LogP contribution in [0.5, 0.6) is 0 Å². The van der Waals surface area contributed by atoms with E-state index in [4.69, 9.17) is 28.4 Å². The van der Waals surface area contributed by atoms with Gasteiger partial charge < -0.3 is 64.2 Å². The van der Waals surface area contributed by atoms with Gasteiger partial charge in [-0.15, -0.1) is 0 Å². The second kappa shape index (κ2) is 49.8. The summed E-state index contributed by atoms with van der Waals surface area (Å²) in [6.45, 7) is 3.78. The van der Waals surface area contributed by atoms with Crippen LogP contribution in [0.1, 0.15) is 290 Å². The van der Waals surface area contributed by atoms with Gasteiger partial charge >= 0.3 is 5.97 Å². The lowest BCUT2D eigenvalue weighted by atomic mass is 9.98. The Hall–Kier alpha value is -1.01. The molecule has 2 aliphatic heterocycles. The molecule has 2 saturated heterocycles. The highest BCUT2D eigenvalue weighted by molar-refractivity contribution is 5.69. The maximum atomic E-state index is 13.1. The summed E-state index contributed by atoms with van der Waals surface area (Å²) < 4.78 is 34.5. The second-order valence-electron chi connectivity index (χ2n) is 23.0. The second-order valence-corrected chi connectivity index (χ2v) is 23.0. The van der Waals surface area contributed by atoms with Crippen molar-refractivity contribution in [3.63, 3.8) is 0 Å². The number of ether oxygens (including phenoxy) is 6. The Morgan fingerprint density at radius 3 is 1.07 bits per heavy atom. The summed E-state index contributed by atoms with van der Waals surface area (Å²) in [5.41, 5.74) is 0. The first-order valence-corrected chi connectivity index (χ1v) is 32.1. The van der Waals surface area contributed by atoms with E-state index in [9.17, 15) is 40.5 Å². The first-order valence-electron chi connectivity index (χ1n) is 32.1. The topological polar surface area (TPSA) is 214 Å². The van der Waals surface area contributed by atoms with E-state index >= 15 is 0 Å². The lowest BCUT2D eigenvalue weighted by molar-refractivity contribution is -0.332. The summed E-state index contributed by atoms with van der Waals surface area (Å²) in [5.74, 6) is -0.367. The van der Waals surface area contributed by atoms with Crippen molar-refractivity contribution < 1.29 is 69.0 Å². The first kappa shape index (κ1) is 71.1. The molecule has 452 valence electrons. The van der Waals surface area contributed by atoms with Gasteiger partial charge in [-0.3, -0.25) is 4.79 Å². The predicted octanol–water partition coefficient (Wildman–Crippen LogP) is 12.4. The predicted molar refractivity (Wildman–Crippen MR) is 303 cm³/mol. The molecule has 0 amide bonds. The molecule has 14 nitrogen and oxygen atoms in total. The zero-order valence-corrected chi connectivity index (χ0v) is 48.8. The Labute approximate surface area is 463 Å². The zero-order chi connectivity index (χ0) is 55.1. The fourth-order valence-corrected chi connectivity index (χ4v) is 10.7. The fourth-order valence-electron chi connectivity index (χ4n) is 10.7. The number of hydrogen-bond acceptors (Lipinski definition) is 14. The number of unbranched alkanes of at least 4 members (excludes halogenated alkanes) is 40. The molecule has 7 N–H and O–H groups in total. The molecular weight excluding hydrogens is 969 g/mol. The highest BCUT2D eigenvalue weighted by atomic mass is 16.7. The van der Waals surface area contributed by atoms with Gasteiger partial charge in [0, 0.05) is 13.0 Å². The Kier molecular flexibility index (Phi) is 46.6. The number of aliphatic hydroxyl groups excluding tert-OH is 7. The van der Waals surface area contributed by atoms with E-state index in [1.54, 1.807) is 0 Å². The minimum absolute atomic E-state index is 0.0712. The Balaban J connectivity index is 1.64. The van der Waals surface area contributed by atoms with Crippen LogP contribution < -0.4 is 0 Å². The van der Waals surface area contributed by atoms with Crippen LogP contribution in [0.3, 0.4) is 0 Å². The van der Waals surface area contributed by atoms with E-state index < -0.39 is 80.7 Å². The quantitative estimate of drug-likeness (QED) is 0.0223. The van der Waals surface area contributed by atoms with Gasteiger partial charge in [0.05, 0.1) is 26.4 Å². The van der Waals surface area contributed by atoms with Crippen LogP contribution in [-0.2, 0) is 33.2 Å². The molecule has 0 saturated carbocycles. The van der Waals surface area contributed by atoms with Gasteiger partial charge in [-0.05, 0) is 12.8 Å². The number of rotatable bonds is 54. The van der Waals surface area contributed by atoms with Crippen LogP contribution in [0.4, 0.5) is 0 Å². The van der Waals surface area contributed by atoms with Crippen LogP contribution in [0, 0.1) is 0 Å². The summed E-state index contributed by atoms with van der Waals surface area (Å²) >= 11 is 0. The van der Waals surface area contributed by atoms with Crippen molar-refractivity contribution in [2.45, 2.75) is 357 Å². The summed E-state index contributed by atoms with van der Waals surface area (Å²) in [4.78, 5) is 13.1. The van der Waals surface area contributed by atoms with E-state index in [0.29, 0.717) is 6.61 Å². The minimum Gasteiger partial charge on any atom is -0.457 e. The van der Waals surface area contributed by atoms with Crippen molar-refractivity contribution in [3.05, 3.63) is 0 Å². The molecule has 0 aliphatic carbocycles. The molecule has 0 radical (unpaired) electrons. The third kappa shape index (κ3) is 35.7. The number of aliphatic hydroxyl groups is 7. The molecule has 11 atom stereocenters. The van der Waals surface area contributed by atoms with Crippen molar-refractivity contribution in [2.24, 2.45) is 0 Å². The average Bonchev–Trinajstić information content (AvgIpc) is 3.42. The van der Waals surface area contributed by atoms with Crippen LogP contribution in [0.25, 0.3) is 0 Å². The Morgan fingerprint density at radius 1 is 0.382 bits per heavy atom. The molecule has 0 aromatic heterocycles. The van der Waals surface area contributed by atoms with Crippen LogP contribution in [-0.4, -0.2) is 142 Å². The van der Waals surface area contributed by atoms with Gasteiger partial charge in [0.1, 0.15) is 54.9 Å². The molecular formula is C62H120O14. The molecule has 2 fully saturated rings. The molecule has 0 aromatic rings. The van der Waals surface area contributed by atoms with Crippen molar-refractivity contribution in [1.82, 2.24) is 0 Å². The minimum atomic E-state index is -1.70. The van der Waals surface area contributed by atoms with Gasteiger partial charge in [0.2, 0.25) is 0 Å². The van der Waals surface area contributed by atoms with Gasteiger partial charge in [-0.25, -0.2) is 0 Å². The Bertz CT molecular complexity index is 1260. The number of esters is 1. The number of carbonyl (C=O) groups is 1. The Morgan fingerprint density at radius 2 is 0.697 bits per heavy atom. The van der Waals surface area contributed by atoms with Gasteiger partial charge in [0.15, 0.2) is 12.6 Å². The van der Waals surface area contributed by atoms with Crippen molar-refractivity contribution in [3.8, 4) is 0 Å². The average molecular weight is 1090 g/mol. The largest absolute Gasteiger partial charge is 0.457 e. The summed E-state index contributed by atoms with van der Waals surface area (Å²) in [6, 6.07) is 0. The molecule has 0 aromatic carbocycles. The SMILES string of the molecule is CCCCCCCCCCCCCCCCCCCCCCCCCCCCOCC(COC1OC(COC2OC(CO)C(O)C(O)C2O)C(O)C(O)C1O)OC(=O)CCCCCCCCCCCCCCCCCC. The maximum Gasteiger partial charge on any atom is 0.306 e. The zero-order valence-electron chi connectivity index (χ0n) is 48.8. The fraction of sp³-hybridized carbons (Fsp3) is 0.984. The summed E-state index contributed by atoms with van der Waals surface area (Å²) in [7, 11) is 0. The normalized spacial score (nSPS) is 24.3. The lowest BCUT2D eigenvalue weighted by Crippen LogP contribution is -2.61. The van der Waals surface area contributed by atoms with E-state index in [0.717, 1.165) is 44.9 Å². The number of carbonyl (C=O) groups excluding carboxylic acids is 1. The van der Waals surface area contributed by atoms with E-state index in [1.165, 1.54) is 225 Å². The molecule has 14 heteroatoms. The van der Waals surface area contributed by atoms with Gasteiger partial charge in [-0.2, -0.15) is 0 Å². The smallest absolute Gasteiger partial charge is 0.306 e. The molecule has 2 rings (SSSR count). The lowest BCUT2D eigenvalue weighted by Gasteiger charge is -2.42. The third-order valence-electron chi connectivity index (χ3n) is 15.9. The molecule has 2 aliphatic rings. The molecule has 11 unspecified atom stereocenters. The van der Waals surface area contributed by atoms with Crippen molar-refractivity contribution in [2.75, 3.05) is 33.0 Å².